The molecule has 0 aromatic heterocycles. The molecule has 0 saturated carbocycles. The monoisotopic (exact) mass is 322 g/mol. The molecule has 0 spiro atoms. The van der Waals surface area contributed by atoms with Crippen molar-refractivity contribution in [2.75, 3.05) is 5.32 Å². The van der Waals surface area contributed by atoms with Gasteiger partial charge in [-0.15, -0.1) is 0 Å². The number of carbonyl (C=O) groups is 1. The Balaban J connectivity index is 2.85. The van der Waals surface area contributed by atoms with Gasteiger partial charge in [-0.25, -0.2) is 4.39 Å². The number of nitrogens with one attached hydrogen (secondary N) is 1. The Hall–Kier alpha value is -0.650. The molecular formula is C11H13BrClFN2O. The predicted molar refractivity (Wildman–Crippen MR) is 70.6 cm³/mol. The Morgan fingerprint density at radius 1 is 1.65 bits per heavy atom. The number of anilines is 1. The van der Waals surface area contributed by atoms with E-state index in [0.29, 0.717) is 16.6 Å². The summed E-state index contributed by atoms with van der Waals surface area (Å²) in [6.45, 7) is 1.94. The number of carbonyl (C=O) groups excluding carboxylic acids is 1. The molecule has 0 heterocycles. The van der Waals surface area contributed by atoms with Gasteiger partial charge in [-0.05, 0) is 34.5 Å². The van der Waals surface area contributed by atoms with Crippen molar-refractivity contribution in [1.82, 2.24) is 0 Å². The van der Waals surface area contributed by atoms with Gasteiger partial charge >= 0.3 is 0 Å². The minimum Gasteiger partial charge on any atom is -0.322 e. The summed E-state index contributed by atoms with van der Waals surface area (Å²) in [5.74, 6) is -0.807. The molecule has 3 N–H and O–H groups in total. The van der Waals surface area contributed by atoms with E-state index in [1.165, 1.54) is 6.07 Å². The fraction of sp³-hybridized carbons (Fsp3) is 0.364. The van der Waals surface area contributed by atoms with Crippen LogP contribution in [0.25, 0.3) is 0 Å². The lowest BCUT2D eigenvalue weighted by Gasteiger charge is -2.13. The average molecular weight is 324 g/mol. The normalized spacial score (nSPS) is 12.3. The number of nitrogens with two attached hydrogens (primary N) is 1. The van der Waals surface area contributed by atoms with Gasteiger partial charge in [0.05, 0.1) is 16.8 Å². The quantitative estimate of drug-likeness (QED) is 0.893. The fourth-order valence-electron chi connectivity index (χ4n) is 1.32. The zero-order valence-electron chi connectivity index (χ0n) is 9.27. The van der Waals surface area contributed by atoms with Crippen LogP contribution in [0.15, 0.2) is 16.6 Å². The highest BCUT2D eigenvalue weighted by Crippen LogP contribution is 2.31. The van der Waals surface area contributed by atoms with Crippen LogP contribution in [0, 0.1) is 5.82 Å². The summed E-state index contributed by atoms with van der Waals surface area (Å²) in [4.78, 5) is 11.7. The summed E-state index contributed by atoms with van der Waals surface area (Å²) in [6.07, 6.45) is 1.40. The summed E-state index contributed by atoms with van der Waals surface area (Å²) < 4.78 is 13.4. The van der Waals surface area contributed by atoms with E-state index < -0.39 is 11.9 Å². The van der Waals surface area contributed by atoms with Crippen molar-refractivity contribution in [2.24, 2.45) is 5.73 Å². The maximum absolute atomic E-state index is 13.0. The Labute approximate surface area is 113 Å². The van der Waals surface area contributed by atoms with Crippen LogP contribution in [-0.4, -0.2) is 11.9 Å². The van der Waals surface area contributed by atoms with Gasteiger partial charge in [0, 0.05) is 4.47 Å². The molecular weight excluding hydrogens is 310 g/mol. The molecule has 94 valence electrons. The molecule has 0 radical (unpaired) electrons. The van der Waals surface area contributed by atoms with E-state index in [1.807, 2.05) is 6.92 Å². The molecule has 0 aliphatic heterocycles. The van der Waals surface area contributed by atoms with Gasteiger partial charge in [-0.2, -0.15) is 0 Å². The molecule has 1 amide bonds. The number of hydrogen-bond acceptors (Lipinski definition) is 2. The number of hydrogen-bond donors (Lipinski definition) is 2. The Kier molecular flexibility index (Phi) is 5.36. The standard InChI is InChI=1S/C11H13BrClFN2O/c1-2-3-9(15)11(17)16-10-7(12)4-6(14)5-8(10)13/h4-5,9H,2-3,15H2,1H3,(H,16,17)/t9-/m0/s1. The molecule has 0 bridgehead atoms. The lowest BCUT2D eigenvalue weighted by atomic mass is 10.1. The van der Waals surface area contributed by atoms with Crippen LogP contribution in [0.1, 0.15) is 19.8 Å². The Morgan fingerprint density at radius 2 is 2.29 bits per heavy atom. The highest BCUT2D eigenvalue weighted by Gasteiger charge is 2.16. The van der Waals surface area contributed by atoms with Gasteiger partial charge in [-0.1, -0.05) is 24.9 Å². The lowest BCUT2D eigenvalue weighted by molar-refractivity contribution is -0.117. The molecule has 3 nitrogen and oxygen atoms in total. The van der Waals surface area contributed by atoms with E-state index in [4.69, 9.17) is 17.3 Å². The minimum atomic E-state index is -0.590. The SMILES string of the molecule is CCC[C@H](N)C(=O)Nc1c(Cl)cc(F)cc1Br. The van der Waals surface area contributed by atoms with E-state index >= 15 is 0 Å². The second-order valence-electron chi connectivity index (χ2n) is 3.63. The highest BCUT2D eigenvalue weighted by atomic mass is 79.9. The van der Waals surface area contributed by atoms with Crippen LogP contribution < -0.4 is 11.1 Å². The van der Waals surface area contributed by atoms with Crippen molar-refractivity contribution in [1.29, 1.82) is 0 Å². The second-order valence-corrected chi connectivity index (χ2v) is 4.89. The third-order valence-corrected chi connectivity index (χ3v) is 3.12. The van der Waals surface area contributed by atoms with Crippen molar-refractivity contribution in [3.05, 3.63) is 27.4 Å². The maximum Gasteiger partial charge on any atom is 0.241 e. The van der Waals surface area contributed by atoms with Crippen LogP contribution in [-0.2, 0) is 4.79 Å². The number of amides is 1. The van der Waals surface area contributed by atoms with E-state index in [2.05, 4.69) is 21.2 Å². The Morgan fingerprint density at radius 3 is 2.82 bits per heavy atom. The maximum atomic E-state index is 13.0. The third kappa shape index (κ3) is 3.94. The molecule has 1 rings (SSSR count). The molecule has 1 aromatic rings. The second kappa shape index (κ2) is 6.33. The number of halogens is 3. The van der Waals surface area contributed by atoms with Crippen molar-refractivity contribution in [3.63, 3.8) is 0 Å². The Bertz CT molecular complexity index is 405. The molecule has 0 saturated heterocycles. The summed E-state index contributed by atoms with van der Waals surface area (Å²) in [7, 11) is 0. The molecule has 0 aliphatic carbocycles. The first-order chi connectivity index (χ1) is 7.95. The summed E-state index contributed by atoms with van der Waals surface area (Å²) >= 11 is 8.97. The largest absolute Gasteiger partial charge is 0.322 e. The topological polar surface area (TPSA) is 55.1 Å². The van der Waals surface area contributed by atoms with Crippen LogP contribution >= 0.6 is 27.5 Å². The molecule has 1 aromatic carbocycles. The van der Waals surface area contributed by atoms with Crippen LogP contribution in [0.2, 0.25) is 5.02 Å². The molecule has 0 fully saturated rings. The van der Waals surface area contributed by atoms with Gasteiger partial charge < -0.3 is 11.1 Å². The van der Waals surface area contributed by atoms with Gasteiger partial charge in [-0.3, -0.25) is 4.79 Å². The van der Waals surface area contributed by atoms with Gasteiger partial charge in [0.2, 0.25) is 5.91 Å². The third-order valence-electron chi connectivity index (χ3n) is 2.19. The van der Waals surface area contributed by atoms with Crippen molar-refractivity contribution < 1.29 is 9.18 Å². The zero-order valence-corrected chi connectivity index (χ0v) is 11.6. The first kappa shape index (κ1) is 14.4. The molecule has 1 atom stereocenters. The summed E-state index contributed by atoms with van der Waals surface area (Å²) in [6, 6.07) is 1.77. The van der Waals surface area contributed by atoms with Crippen molar-refractivity contribution in [3.8, 4) is 0 Å². The van der Waals surface area contributed by atoms with Crippen molar-refractivity contribution in [2.45, 2.75) is 25.8 Å². The molecule has 17 heavy (non-hydrogen) atoms. The smallest absolute Gasteiger partial charge is 0.241 e. The molecule has 0 unspecified atom stereocenters. The van der Waals surface area contributed by atoms with E-state index in [0.717, 1.165) is 12.5 Å². The minimum absolute atomic E-state index is 0.133. The van der Waals surface area contributed by atoms with E-state index in [1.54, 1.807) is 0 Å². The summed E-state index contributed by atoms with van der Waals surface area (Å²) in [5, 5.41) is 2.71. The van der Waals surface area contributed by atoms with Crippen LogP contribution in [0.4, 0.5) is 10.1 Å². The van der Waals surface area contributed by atoms with E-state index in [-0.39, 0.29) is 10.9 Å². The van der Waals surface area contributed by atoms with E-state index in [9.17, 15) is 9.18 Å². The van der Waals surface area contributed by atoms with Gasteiger partial charge in [0.25, 0.3) is 0 Å². The zero-order chi connectivity index (χ0) is 13.0. The van der Waals surface area contributed by atoms with Crippen molar-refractivity contribution >= 4 is 39.1 Å². The highest BCUT2D eigenvalue weighted by molar-refractivity contribution is 9.10. The fourth-order valence-corrected chi connectivity index (χ4v) is 2.22. The molecule has 0 aliphatic rings. The lowest BCUT2D eigenvalue weighted by Crippen LogP contribution is -2.35. The molecule has 6 heteroatoms. The van der Waals surface area contributed by atoms with Gasteiger partial charge in [0.15, 0.2) is 0 Å². The first-order valence-corrected chi connectivity index (χ1v) is 6.33. The number of benzene rings is 1. The predicted octanol–water partition coefficient (Wildman–Crippen LogP) is 3.31. The van der Waals surface area contributed by atoms with Crippen LogP contribution in [0.5, 0.6) is 0 Å². The average Bonchev–Trinajstić information content (AvgIpc) is 2.23. The first-order valence-electron chi connectivity index (χ1n) is 5.16. The number of rotatable bonds is 4. The summed E-state index contributed by atoms with van der Waals surface area (Å²) in [5.41, 5.74) is 6.00. The van der Waals surface area contributed by atoms with Gasteiger partial charge in [0.1, 0.15) is 5.82 Å². The van der Waals surface area contributed by atoms with Crippen LogP contribution in [0.3, 0.4) is 0 Å².